The van der Waals surface area contributed by atoms with Gasteiger partial charge >= 0.3 is 0 Å². The van der Waals surface area contributed by atoms with Crippen LogP contribution in [0.3, 0.4) is 0 Å². The highest BCUT2D eigenvalue weighted by Gasteiger charge is 2.32. The lowest BCUT2D eigenvalue weighted by molar-refractivity contribution is -0.0456. The molecule has 1 aromatic rings. The molecule has 0 aromatic heterocycles. The van der Waals surface area contributed by atoms with Gasteiger partial charge in [0, 0.05) is 38.3 Å². The summed E-state index contributed by atoms with van der Waals surface area (Å²) >= 11 is 0. The lowest BCUT2D eigenvalue weighted by Crippen LogP contribution is -2.52. The SMILES string of the molecule is CC(C)(C)NS(=O)(=O)c1ccc(OC(C)(C)C(O)CN2CCNCC2)cc1. The third-order valence-corrected chi connectivity index (χ3v) is 6.17. The predicted octanol–water partition coefficient (Wildman–Crippen LogP) is 1.19. The lowest BCUT2D eigenvalue weighted by atomic mass is 10.0. The Morgan fingerprint density at radius 3 is 2.22 bits per heavy atom. The Hall–Kier alpha value is -1.19. The van der Waals surface area contributed by atoms with Crippen molar-refractivity contribution >= 4 is 10.0 Å². The molecule has 2 rings (SSSR count). The van der Waals surface area contributed by atoms with Crippen LogP contribution in [-0.2, 0) is 10.0 Å². The Bertz CT molecular complexity index is 705. The van der Waals surface area contributed by atoms with E-state index in [1.807, 2.05) is 13.8 Å². The highest BCUT2D eigenvalue weighted by molar-refractivity contribution is 7.89. The second-order valence-electron chi connectivity index (χ2n) is 8.60. The maximum Gasteiger partial charge on any atom is 0.241 e. The molecule has 1 heterocycles. The van der Waals surface area contributed by atoms with Gasteiger partial charge in [0.05, 0.1) is 4.90 Å². The minimum absolute atomic E-state index is 0.184. The molecule has 1 aromatic carbocycles. The standard InChI is InChI=1S/C19H33N3O4S/c1-18(2,3)21-27(24,25)16-8-6-15(7-9-16)26-19(4,5)17(23)14-22-12-10-20-11-13-22/h6-9,17,20-21,23H,10-14H2,1-5H3. The minimum Gasteiger partial charge on any atom is -0.485 e. The largest absolute Gasteiger partial charge is 0.485 e. The van der Waals surface area contributed by atoms with Gasteiger partial charge in [-0.2, -0.15) is 0 Å². The number of β-amino-alcohol motifs (C(OH)–C–C–N with tert-alkyl or cyclic N) is 1. The minimum atomic E-state index is -3.58. The summed E-state index contributed by atoms with van der Waals surface area (Å²) in [7, 11) is -3.58. The number of aliphatic hydroxyl groups is 1. The summed E-state index contributed by atoms with van der Waals surface area (Å²) in [6, 6.07) is 6.28. The molecular weight excluding hydrogens is 366 g/mol. The monoisotopic (exact) mass is 399 g/mol. The Labute approximate surface area is 163 Å². The molecule has 27 heavy (non-hydrogen) atoms. The summed E-state index contributed by atoms with van der Waals surface area (Å²) in [5.41, 5.74) is -1.35. The summed E-state index contributed by atoms with van der Waals surface area (Å²) in [5.74, 6) is 0.522. The molecule has 0 radical (unpaired) electrons. The van der Waals surface area contributed by atoms with Crippen molar-refractivity contribution in [1.82, 2.24) is 14.9 Å². The fourth-order valence-corrected chi connectivity index (χ4v) is 4.30. The number of hydrogen-bond acceptors (Lipinski definition) is 6. The van der Waals surface area contributed by atoms with Crippen LogP contribution in [0.4, 0.5) is 0 Å². The van der Waals surface area contributed by atoms with Crippen molar-refractivity contribution in [2.75, 3.05) is 32.7 Å². The van der Waals surface area contributed by atoms with Crippen molar-refractivity contribution in [3.05, 3.63) is 24.3 Å². The van der Waals surface area contributed by atoms with Gasteiger partial charge in [-0.15, -0.1) is 0 Å². The summed E-state index contributed by atoms with van der Waals surface area (Å²) in [6.07, 6.45) is -0.665. The van der Waals surface area contributed by atoms with Crippen LogP contribution in [0.15, 0.2) is 29.2 Å². The van der Waals surface area contributed by atoms with Crippen LogP contribution in [0, 0.1) is 0 Å². The van der Waals surface area contributed by atoms with Gasteiger partial charge in [-0.05, 0) is 58.9 Å². The fourth-order valence-electron chi connectivity index (χ4n) is 2.88. The van der Waals surface area contributed by atoms with Crippen molar-refractivity contribution < 1.29 is 18.3 Å². The highest BCUT2D eigenvalue weighted by atomic mass is 32.2. The molecule has 1 aliphatic heterocycles. The Kier molecular flexibility index (Phi) is 6.91. The van der Waals surface area contributed by atoms with Crippen LogP contribution in [0.2, 0.25) is 0 Å². The van der Waals surface area contributed by atoms with Gasteiger partial charge in [-0.25, -0.2) is 13.1 Å². The smallest absolute Gasteiger partial charge is 0.241 e. The van der Waals surface area contributed by atoms with E-state index in [1.165, 1.54) is 12.1 Å². The molecule has 7 nitrogen and oxygen atoms in total. The van der Waals surface area contributed by atoms with Crippen LogP contribution < -0.4 is 14.8 Å². The third kappa shape index (κ3) is 6.73. The molecule has 1 aliphatic rings. The van der Waals surface area contributed by atoms with E-state index in [0.29, 0.717) is 12.3 Å². The van der Waals surface area contributed by atoms with Crippen LogP contribution in [0.25, 0.3) is 0 Å². The summed E-state index contributed by atoms with van der Waals surface area (Å²) in [5, 5.41) is 13.9. The van der Waals surface area contributed by atoms with Crippen LogP contribution in [0.1, 0.15) is 34.6 Å². The molecule has 1 atom stereocenters. The van der Waals surface area contributed by atoms with E-state index in [2.05, 4.69) is 14.9 Å². The summed E-state index contributed by atoms with van der Waals surface area (Å²) in [6.45, 7) is 13.3. The number of nitrogens with one attached hydrogen (secondary N) is 2. The van der Waals surface area contributed by atoms with E-state index < -0.39 is 27.3 Å². The van der Waals surface area contributed by atoms with Gasteiger partial charge in [0.25, 0.3) is 0 Å². The number of hydrogen-bond donors (Lipinski definition) is 3. The van der Waals surface area contributed by atoms with Crippen LogP contribution >= 0.6 is 0 Å². The average molecular weight is 400 g/mol. The molecule has 0 amide bonds. The number of benzene rings is 1. The number of sulfonamides is 1. The van der Waals surface area contributed by atoms with Gasteiger partial charge in [-0.1, -0.05) is 0 Å². The Morgan fingerprint density at radius 1 is 1.15 bits per heavy atom. The molecule has 3 N–H and O–H groups in total. The number of piperazine rings is 1. The zero-order valence-corrected chi connectivity index (χ0v) is 17.8. The first-order chi connectivity index (χ1) is 12.4. The number of ether oxygens (including phenoxy) is 1. The molecule has 154 valence electrons. The second-order valence-corrected chi connectivity index (χ2v) is 10.3. The normalized spacial score (nSPS) is 18.3. The van der Waals surface area contributed by atoms with Gasteiger partial charge in [0.15, 0.2) is 0 Å². The van der Waals surface area contributed by atoms with E-state index in [1.54, 1.807) is 32.9 Å². The zero-order valence-electron chi connectivity index (χ0n) is 16.9. The first-order valence-corrected chi connectivity index (χ1v) is 10.8. The second kappa shape index (κ2) is 8.45. The molecule has 0 saturated carbocycles. The quantitative estimate of drug-likeness (QED) is 0.638. The fraction of sp³-hybridized carbons (Fsp3) is 0.684. The molecule has 0 aliphatic carbocycles. The molecule has 0 spiro atoms. The Morgan fingerprint density at radius 2 is 1.70 bits per heavy atom. The van der Waals surface area contributed by atoms with Gasteiger partial charge in [0.1, 0.15) is 17.5 Å². The molecule has 1 fully saturated rings. The summed E-state index contributed by atoms with van der Waals surface area (Å²) < 4.78 is 33.3. The van der Waals surface area contributed by atoms with Gasteiger partial charge in [-0.3, -0.25) is 4.90 Å². The van der Waals surface area contributed by atoms with E-state index >= 15 is 0 Å². The van der Waals surface area contributed by atoms with Crippen molar-refractivity contribution in [3.63, 3.8) is 0 Å². The molecule has 0 bridgehead atoms. The lowest BCUT2D eigenvalue weighted by Gasteiger charge is -2.36. The number of aliphatic hydroxyl groups excluding tert-OH is 1. The third-order valence-electron chi connectivity index (χ3n) is 4.40. The average Bonchev–Trinajstić information content (AvgIpc) is 2.53. The first-order valence-electron chi connectivity index (χ1n) is 9.33. The molecule has 8 heteroatoms. The molecule has 1 saturated heterocycles. The number of rotatable bonds is 7. The zero-order chi connectivity index (χ0) is 20.3. The van der Waals surface area contributed by atoms with Gasteiger partial charge < -0.3 is 15.2 Å². The summed E-state index contributed by atoms with van der Waals surface area (Å²) in [4.78, 5) is 2.39. The van der Waals surface area contributed by atoms with E-state index in [-0.39, 0.29) is 4.90 Å². The van der Waals surface area contributed by atoms with Crippen molar-refractivity contribution in [1.29, 1.82) is 0 Å². The topological polar surface area (TPSA) is 90.9 Å². The van der Waals surface area contributed by atoms with Crippen LogP contribution in [0.5, 0.6) is 5.75 Å². The van der Waals surface area contributed by atoms with Crippen LogP contribution in [-0.4, -0.2) is 68.4 Å². The van der Waals surface area contributed by atoms with E-state index in [9.17, 15) is 13.5 Å². The predicted molar refractivity (Wildman–Crippen MR) is 107 cm³/mol. The molecule has 1 unspecified atom stereocenters. The molecular formula is C19H33N3O4S. The maximum atomic E-state index is 12.4. The number of nitrogens with zero attached hydrogens (tertiary/aromatic N) is 1. The van der Waals surface area contributed by atoms with Crippen molar-refractivity contribution in [2.45, 2.75) is 56.8 Å². The van der Waals surface area contributed by atoms with Crippen molar-refractivity contribution in [2.24, 2.45) is 0 Å². The maximum absolute atomic E-state index is 12.4. The van der Waals surface area contributed by atoms with Gasteiger partial charge in [0.2, 0.25) is 10.0 Å². The van der Waals surface area contributed by atoms with Crippen molar-refractivity contribution in [3.8, 4) is 5.75 Å². The first kappa shape index (κ1) is 22.1. The highest BCUT2D eigenvalue weighted by Crippen LogP contribution is 2.24. The van der Waals surface area contributed by atoms with E-state index in [4.69, 9.17) is 4.74 Å². The Balaban J connectivity index is 2.01. The van der Waals surface area contributed by atoms with E-state index in [0.717, 1.165) is 26.2 Å².